The van der Waals surface area contributed by atoms with E-state index in [-0.39, 0.29) is 5.41 Å². The van der Waals surface area contributed by atoms with E-state index in [0.29, 0.717) is 26.1 Å². The molecule has 0 aliphatic carbocycles. The van der Waals surface area contributed by atoms with Crippen molar-refractivity contribution in [3.05, 3.63) is 23.3 Å². The Morgan fingerprint density at radius 1 is 1.23 bits per heavy atom. The van der Waals surface area contributed by atoms with Crippen LogP contribution in [-0.2, 0) is 31.5 Å². The van der Waals surface area contributed by atoms with Gasteiger partial charge in [0.05, 0.1) is 0 Å². The van der Waals surface area contributed by atoms with Gasteiger partial charge in [0.25, 0.3) is 0 Å². The van der Waals surface area contributed by atoms with Gasteiger partial charge in [0.15, 0.2) is 0 Å². The third kappa shape index (κ3) is 2.50. The molecule has 0 radical (unpaired) electrons. The third-order valence-electron chi connectivity index (χ3n) is 2.38. The Morgan fingerprint density at radius 2 is 1.77 bits per heavy atom. The molecule has 1 aromatic rings. The summed E-state index contributed by atoms with van der Waals surface area (Å²) in [7, 11) is 0. The summed E-state index contributed by atoms with van der Waals surface area (Å²) >= 11 is 5.12. The first-order chi connectivity index (χ1) is 5.84. The van der Waals surface area contributed by atoms with Crippen LogP contribution in [0.25, 0.3) is 0 Å². The molecule has 0 spiro atoms. The van der Waals surface area contributed by atoms with E-state index in [4.69, 9.17) is 0 Å². The van der Waals surface area contributed by atoms with Crippen molar-refractivity contribution in [1.82, 2.24) is 0 Å². The van der Waals surface area contributed by atoms with Gasteiger partial charge in [-0.05, 0) is 0 Å². The number of hydrogen-bond acceptors (Lipinski definition) is 1. The summed E-state index contributed by atoms with van der Waals surface area (Å²) in [5, 5.41) is 0. The minimum absolute atomic E-state index is 0.281. The van der Waals surface area contributed by atoms with Crippen LogP contribution < -0.4 is 3.07 Å². The first-order valence-electron chi connectivity index (χ1n) is 4.49. The number of rotatable bonds is 0. The summed E-state index contributed by atoms with van der Waals surface area (Å²) in [6, 6.07) is 4.35. The quantitative estimate of drug-likeness (QED) is 0.520. The number of benzene rings is 1. The SMILES string of the molecule is Cc1c(S)ccc(C(C)(C)C)[c]1[Hg]. The summed E-state index contributed by atoms with van der Waals surface area (Å²) in [6.07, 6.45) is 0. The van der Waals surface area contributed by atoms with Gasteiger partial charge in [0, 0.05) is 0 Å². The molecule has 0 unspecified atom stereocenters. The molecule has 0 bridgehead atoms. The van der Waals surface area contributed by atoms with E-state index in [1.165, 1.54) is 11.1 Å². The maximum absolute atomic E-state index is 4.44. The van der Waals surface area contributed by atoms with Gasteiger partial charge in [-0.25, -0.2) is 0 Å². The Morgan fingerprint density at radius 3 is 2.23 bits per heavy atom. The van der Waals surface area contributed by atoms with Gasteiger partial charge in [-0.1, -0.05) is 0 Å². The Kier molecular flexibility index (Phi) is 3.51. The molecule has 0 saturated heterocycles. The van der Waals surface area contributed by atoms with Gasteiger partial charge in [0.1, 0.15) is 0 Å². The van der Waals surface area contributed by atoms with Crippen LogP contribution >= 0.6 is 12.6 Å². The molecule has 2 heteroatoms. The zero-order chi connectivity index (χ0) is 10.2. The molecular formula is C11H15HgS. The number of hydrogen-bond donors (Lipinski definition) is 1. The zero-order valence-electron chi connectivity index (χ0n) is 8.81. The fourth-order valence-electron chi connectivity index (χ4n) is 1.45. The molecule has 0 heterocycles. The van der Waals surface area contributed by atoms with Gasteiger partial charge >= 0.3 is 103 Å². The van der Waals surface area contributed by atoms with Crippen molar-refractivity contribution in [3.63, 3.8) is 0 Å². The average molecular weight is 380 g/mol. The molecule has 0 saturated carbocycles. The van der Waals surface area contributed by atoms with Crippen LogP contribution in [0.1, 0.15) is 31.9 Å². The van der Waals surface area contributed by atoms with E-state index in [1.807, 2.05) is 0 Å². The van der Waals surface area contributed by atoms with E-state index < -0.39 is 0 Å². The van der Waals surface area contributed by atoms with Crippen molar-refractivity contribution in [2.75, 3.05) is 0 Å². The van der Waals surface area contributed by atoms with E-state index in [1.54, 1.807) is 3.07 Å². The summed E-state index contributed by atoms with van der Waals surface area (Å²) in [6.45, 7) is 9.00. The monoisotopic (exact) mass is 381 g/mol. The summed E-state index contributed by atoms with van der Waals surface area (Å²) in [5.74, 6) is 0. The molecule has 13 heavy (non-hydrogen) atoms. The second-order valence-electron chi connectivity index (χ2n) is 4.49. The molecule has 0 atom stereocenters. The maximum atomic E-state index is 4.44. The second-order valence-corrected chi connectivity index (χ2v) is 7.72. The number of thiol groups is 1. The molecule has 0 fully saturated rings. The predicted molar refractivity (Wildman–Crippen MR) is 56.8 cm³/mol. The van der Waals surface area contributed by atoms with Gasteiger partial charge in [-0.15, -0.1) is 0 Å². The van der Waals surface area contributed by atoms with Crippen molar-refractivity contribution in [2.24, 2.45) is 0 Å². The minimum atomic E-state index is 0.281. The van der Waals surface area contributed by atoms with Crippen molar-refractivity contribution in [2.45, 2.75) is 38.0 Å². The Hall–Kier alpha value is 0.505. The van der Waals surface area contributed by atoms with E-state index >= 15 is 0 Å². The predicted octanol–water partition coefficient (Wildman–Crippen LogP) is 2.75. The summed E-state index contributed by atoms with van der Waals surface area (Å²) < 4.78 is 1.57. The molecule has 0 aliphatic heterocycles. The molecular weight excluding hydrogens is 365 g/mol. The third-order valence-corrected chi connectivity index (χ3v) is 6.40. The average Bonchev–Trinajstić information content (AvgIpc) is 1.98. The molecule has 1 rings (SSSR count). The molecule has 0 N–H and O–H groups in total. The molecule has 0 aromatic heterocycles. The van der Waals surface area contributed by atoms with E-state index in [2.05, 4.69) is 52.5 Å². The van der Waals surface area contributed by atoms with Crippen molar-refractivity contribution >= 4 is 15.7 Å². The summed E-state index contributed by atoms with van der Waals surface area (Å²) in [4.78, 5) is 1.14. The Balaban J connectivity index is 3.35. The van der Waals surface area contributed by atoms with Crippen LogP contribution in [0, 0.1) is 6.92 Å². The fraction of sp³-hybridized carbons (Fsp3) is 0.455. The van der Waals surface area contributed by atoms with Crippen molar-refractivity contribution in [3.8, 4) is 0 Å². The molecule has 0 nitrogen and oxygen atoms in total. The van der Waals surface area contributed by atoms with Gasteiger partial charge < -0.3 is 0 Å². The summed E-state index contributed by atoms with van der Waals surface area (Å²) in [5.41, 5.74) is 3.17. The first-order valence-corrected chi connectivity index (χ1v) is 7.68. The van der Waals surface area contributed by atoms with Gasteiger partial charge in [0.2, 0.25) is 0 Å². The Labute approximate surface area is 103 Å². The standard InChI is InChI=1S/C11H15S.Hg/c1-8-7-9(11(2,3)4)5-6-10(8)12;/h5-6,12H,1-4H3;. The molecule has 1 aromatic carbocycles. The first kappa shape index (κ1) is 11.6. The van der Waals surface area contributed by atoms with Crippen LogP contribution in [0.15, 0.2) is 17.0 Å². The zero-order valence-corrected chi connectivity index (χ0v) is 15.2. The van der Waals surface area contributed by atoms with Crippen LogP contribution in [0.3, 0.4) is 0 Å². The Bertz CT molecular complexity index is 324. The normalized spacial score (nSPS) is 11.9. The molecule has 0 amide bonds. The van der Waals surface area contributed by atoms with Crippen LogP contribution in [-0.4, -0.2) is 0 Å². The van der Waals surface area contributed by atoms with E-state index in [0.717, 1.165) is 4.90 Å². The molecule has 67 valence electrons. The van der Waals surface area contributed by atoms with Crippen LogP contribution in [0.4, 0.5) is 0 Å². The molecule has 0 aliphatic rings. The fourth-order valence-corrected chi connectivity index (χ4v) is 5.50. The van der Waals surface area contributed by atoms with Crippen LogP contribution in [0.2, 0.25) is 0 Å². The second kappa shape index (κ2) is 3.94. The van der Waals surface area contributed by atoms with Crippen LogP contribution in [0.5, 0.6) is 0 Å². The van der Waals surface area contributed by atoms with Crippen molar-refractivity contribution in [1.29, 1.82) is 0 Å². The topological polar surface area (TPSA) is 0 Å². The van der Waals surface area contributed by atoms with Gasteiger partial charge in [-0.3, -0.25) is 0 Å². The van der Waals surface area contributed by atoms with E-state index in [9.17, 15) is 0 Å². The van der Waals surface area contributed by atoms with Gasteiger partial charge in [-0.2, -0.15) is 0 Å². The van der Waals surface area contributed by atoms with Crippen molar-refractivity contribution < 1.29 is 26.1 Å².